The molecule has 1 aliphatic rings. The average Bonchev–Trinajstić information content (AvgIpc) is 3.45. The molecule has 2 aromatic carbocycles. The van der Waals surface area contributed by atoms with E-state index in [9.17, 15) is 26.7 Å². The van der Waals surface area contributed by atoms with E-state index in [0.717, 1.165) is 10.6 Å². The van der Waals surface area contributed by atoms with Crippen LogP contribution in [-0.2, 0) is 22.8 Å². The van der Waals surface area contributed by atoms with Gasteiger partial charge in [0, 0.05) is 18.8 Å². The van der Waals surface area contributed by atoms with Crippen LogP contribution in [0.4, 0.5) is 33.6 Å². The lowest BCUT2D eigenvalue weighted by Crippen LogP contribution is -2.33. The Kier molecular flexibility index (Phi) is 5.57. The smallest absolute Gasteiger partial charge is 0.383 e. The van der Waals surface area contributed by atoms with Gasteiger partial charge in [0.05, 0.1) is 11.3 Å². The molecule has 0 fully saturated rings. The van der Waals surface area contributed by atoms with Gasteiger partial charge in [-0.1, -0.05) is 30.3 Å². The molecule has 3 aromatic heterocycles. The molecule has 40 heavy (non-hydrogen) atoms. The summed E-state index contributed by atoms with van der Waals surface area (Å²) in [7, 11) is 0. The quantitative estimate of drug-likeness (QED) is 0.307. The van der Waals surface area contributed by atoms with E-state index < -0.39 is 34.8 Å². The number of nitrogen functional groups attached to an aromatic ring is 1. The summed E-state index contributed by atoms with van der Waals surface area (Å²) in [6.07, 6.45) is -2.86. The van der Waals surface area contributed by atoms with E-state index in [1.165, 1.54) is 48.7 Å². The molecule has 0 saturated heterocycles. The number of carbonyl (C=O) groups is 1. The van der Waals surface area contributed by atoms with Crippen LogP contribution in [0, 0.1) is 11.6 Å². The fourth-order valence-electron chi connectivity index (χ4n) is 4.83. The highest BCUT2D eigenvalue weighted by molar-refractivity contribution is 6.09. The first-order valence-electron chi connectivity index (χ1n) is 11.9. The van der Waals surface area contributed by atoms with Crippen LogP contribution in [0.3, 0.4) is 0 Å². The molecule has 0 saturated carbocycles. The van der Waals surface area contributed by atoms with Crippen LogP contribution in [0.2, 0.25) is 0 Å². The number of fused-ring (bicyclic) bond motifs is 2. The second kappa shape index (κ2) is 8.79. The zero-order chi connectivity index (χ0) is 28.4. The first kappa shape index (κ1) is 25.3. The van der Waals surface area contributed by atoms with E-state index >= 15 is 0 Å². The molecule has 202 valence electrons. The Hall–Kier alpha value is -4.94. The predicted octanol–water partition coefficient (Wildman–Crippen LogP) is 4.91. The van der Waals surface area contributed by atoms with Gasteiger partial charge in [-0.25, -0.2) is 28.7 Å². The normalized spacial score (nSPS) is 16.8. The fraction of sp³-hybridized carbons (Fsp3) is 0.148. The highest BCUT2D eigenvalue weighted by Crippen LogP contribution is 2.45. The number of nitrogens with one attached hydrogen (secondary N) is 1. The van der Waals surface area contributed by atoms with E-state index in [2.05, 4.69) is 25.3 Å². The van der Waals surface area contributed by atoms with Gasteiger partial charge in [-0.3, -0.25) is 4.79 Å². The van der Waals surface area contributed by atoms with E-state index in [-0.39, 0.29) is 52.0 Å². The van der Waals surface area contributed by atoms with Gasteiger partial charge >= 0.3 is 6.18 Å². The molecule has 1 aliphatic heterocycles. The van der Waals surface area contributed by atoms with Crippen LogP contribution in [0.5, 0.6) is 0 Å². The van der Waals surface area contributed by atoms with Crippen LogP contribution in [-0.4, -0.2) is 30.2 Å². The van der Waals surface area contributed by atoms with Crippen molar-refractivity contribution in [3.63, 3.8) is 0 Å². The second-order valence-corrected chi connectivity index (χ2v) is 9.44. The third-order valence-electron chi connectivity index (χ3n) is 6.89. The standard InChI is InChI=1S/C27H18F5N7O/c1-26(14-6-8-15(28)9-7-14)20-21(33)36-22(37-23(20)38-25(26)40)18-11-39-12-19(27(30,31)32)35-24(39)17(34-18)10-13-4-2-3-5-16(13)29/h2-9,11-12H,10H2,1H3,(H3,33,36,37,38,40). The summed E-state index contributed by atoms with van der Waals surface area (Å²) in [6, 6.07) is 11.2. The van der Waals surface area contributed by atoms with Gasteiger partial charge in [-0.15, -0.1) is 0 Å². The molecule has 0 bridgehead atoms. The summed E-state index contributed by atoms with van der Waals surface area (Å²) >= 11 is 0. The molecule has 0 spiro atoms. The van der Waals surface area contributed by atoms with Crippen molar-refractivity contribution < 1.29 is 26.7 Å². The molecule has 5 aromatic rings. The summed E-state index contributed by atoms with van der Waals surface area (Å²) in [5.41, 5.74) is 4.68. The Morgan fingerprint density at radius 2 is 1.70 bits per heavy atom. The van der Waals surface area contributed by atoms with Gasteiger partial charge in [0.25, 0.3) is 0 Å². The molecule has 0 aliphatic carbocycles. The Bertz CT molecular complexity index is 1820. The van der Waals surface area contributed by atoms with Crippen molar-refractivity contribution in [2.24, 2.45) is 0 Å². The molecule has 1 unspecified atom stereocenters. The molecule has 13 heteroatoms. The molecule has 8 nitrogen and oxygen atoms in total. The monoisotopic (exact) mass is 551 g/mol. The van der Waals surface area contributed by atoms with Gasteiger partial charge < -0.3 is 15.5 Å². The minimum Gasteiger partial charge on any atom is -0.383 e. The van der Waals surface area contributed by atoms with Gasteiger partial charge in [0.2, 0.25) is 5.91 Å². The van der Waals surface area contributed by atoms with Crippen molar-refractivity contribution >= 4 is 23.2 Å². The summed E-state index contributed by atoms with van der Waals surface area (Å²) in [6.45, 7) is 1.60. The van der Waals surface area contributed by atoms with Crippen molar-refractivity contribution in [1.29, 1.82) is 0 Å². The van der Waals surface area contributed by atoms with E-state index in [0.29, 0.717) is 5.56 Å². The highest BCUT2D eigenvalue weighted by atomic mass is 19.4. The number of aromatic nitrogens is 5. The molecule has 1 atom stereocenters. The third kappa shape index (κ3) is 4.01. The summed E-state index contributed by atoms with van der Waals surface area (Å²) < 4.78 is 69.6. The van der Waals surface area contributed by atoms with E-state index in [4.69, 9.17) is 5.73 Å². The van der Waals surface area contributed by atoms with Crippen LogP contribution >= 0.6 is 0 Å². The number of benzene rings is 2. The van der Waals surface area contributed by atoms with Crippen LogP contribution < -0.4 is 11.1 Å². The average molecular weight is 551 g/mol. The highest BCUT2D eigenvalue weighted by Gasteiger charge is 2.47. The number of imidazole rings is 1. The Labute approximate surface area is 222 Å². The lowest BCUT2D eigenvalue weighted by molar-refractivity contribution is -0.140. The van der Waals surface area contributed by atoms with Crippen LogP contribution in [0.15, 0.2) is 60.9 Å². The van der Waals surface area contributed by atoms with Crippen molar-refractivity contribution in [2.45, 2.75) is 24.9 Å². The predicted molar refractivity (Wildman–Crippen MR) is 134 cm³/mol. The largest absolute Gasteiger partial charge is 0.434 e. The summed E-state index contributed by atoms with van der Waals surface area (Å²) in [4.78, 5) is 30.0. The molecular weight excluding hydrogens is 533 g/mol. The lowest BCUT2D eigenvalue weighted by atomic mass is 9.78. The minimum absolute atomic E-state index is 0.0177. The number of halogens is 5. The lowest BCUT2D eigenvalue weighted by Gasteiger charge is -2.23. The zero-order valence-corrected chi connectivity index (χ0v) is 20.6. The number of amides is 1. The third-order valence-corrected chi connectivity index (χ3v) is 6.89. The van der Waals surface area contributed by atoms with Crippen molar-refractivity contribution in [2.75, 3.05) is 11.1 Å². The topological polar surface area (TPSA) is 111 Å². The zero-order valence-electron chi connectivity index (χ0n) is 20.6. The van der Waals surface area contributed by atoms with Crippen molar-refractivity contribution in [1.82, 2.24) is 24.3 Å². The number of nitrogens with two attached hydrogens (primary N) is 1. The molecule has 4 heterocycles. The summed E-state index contributed by atoms with van der Waals surface area (Å²) in [5, 5.41) is 2.67. The number of anilines is 2. The maximum atomic E-state index is 14.4. The number of hydrogen-bond donors (Lipinski definition) is 2. The minimum atomic E-state index is -4.73. The Morgan fingerprint density at radius 1 is 0.975 bits per heavy atom. The van der Waals surface area contributed by atoms with Crippen LogP contribution in [0.25, 0.3) is 17.2 Å². The van der Waals surface area contributed by atoms with Gasteiger partial charge in [-0.05, 0) is 36.2 Å². The van der Waals surface area contributed by atoms with Gasteiger partial charge in [-0.2, -0.15) is 13.2 Å². The number of carbonyl (C=O) groups excluding carboxylic acids is 1. The number of rotatable bonds is 4. The maximum absolute atomic E-state index is 14.4. The SMILES string of the molecule is CC1(c2ccc(F)cc2)C(=O)Nc2nc(-c3cn4cc(C(F)(F)F)nc4c(Cc4ccccc4F)n3)nc(N)c21. The maximum Gasteiger partial charge on any atom is 0.434 e. The first-order chi connectivity index (χ1) is 18.9. The number of nitrogens with zero attached hydrogens (tertiary/aromatic N) is 5. The molecule has 3 N–H and O–H groups in total. The number of hydrogen-bond acceptors (Lipinski definition) is 6. The van der Waals surface area contributed by atoms with E-state index in [1.54, 1.807) is 13.0 Å². The van der Waals surface area contributed by atoms with Gasteiger partial charge in [0.15, 0.2) is 17.2 Å². The second-order valence-electron chi connectivity index (χ2n) is 9.44. The molecule has 1 amide bonds. The molecular formula is C27H18F5N7O. The Morgan fingerprint density at radius 3 is 2.40 bits per heavy atom. The van der Waals surface area contributed by atoms with E-state index in [1.807, 2.05) is 0 Å². The van der Waals surface area contributed by atoms with Gasteiger partial charge in [0.1, 0.15) is 34.4 Å². The van der Waals surface area contributed by atoms with Crippen molar-refractivity contribution in [3.8, 4) is 11.5 Å². The number of alkyl halides is 3. The van der Waals surface area contributed by atoms with Crippen LogP contribution in [0.1, 0.15) is 35.0 Å². The molecule has 6 rings (SSSR count). The molecule has 0 radical (unpaired) electrons. The van der Waals surface area contributed by atoms with Crippen molar-refractivity contribution in [3.05, 3.63) is 101 Å². The fourth-order valence-corrected chi connectivity index (χ4v) is 4.83. The Balaban J connectivity index is 1.50. The summed E-state index contributed by atoms with van der Waals surface area (Å²) in [5.74, 6) is -1.59. The first-order valence-corrected chi connectivity index (χ1v) is 11.9.